The van der Waals surface area contributed by atoms with Crippen LogP contribution in [0.4, 0.5) is 0 Å². The monoisotopic (exact) mass is 533 g/mol. The van der Waals surface area contributed by atoms with Gasteiger partial charge in [-0.1, -0.05) is 150 Å². The first-order valence-corrected chi connectivity index (χ1v) is 17.7. The number of unbranched alkanes of at least 4 members (excludes halogenated alkanes) is 3. The van der Waals surface area contributed by atoms with E-state index < -0.39 is 8.07 Å². The summed E-state index contributed by atoms with van der Waals surface area (Å²) in [6, 6.07) is 29.3. The maximum Gasteiger partial charge on any atom is 0.162 e. The maximum absolute atomic E-state index is 2.54. The van der Waals surface area contributed by atoms with Gasteiger partial charge in [-0.05, 0) is 77.2 Å². The molecular weight excluding hydrogens is 485 g/mol. The zero-order valence-corrected chi connectivity index (χ0v) is 25.9. The highest BCUT2D eigenvalue weighted by Crippen LogP contribution is 2.30. The van der Waals surface area contributed by atoms with Gasteiger partial charge in [-0.3, -0.25) is 0 Å². The van der Waals surface area contributed by atoms with Crippen LogP contribution in [0.1, 0.15) is 95.8 Å². The Morgan fingerprint density at radius 2 is 0.821 bits per heavy atom. The average molecular weight is 534 g/mol. The van der Waals surface area contributed by atoms with Crippen LogP contribution in [-0.2, 0) is 19.3 Å². The van der Waals surface area contributed by atoms with Crippen LogP contribution in [0.25, 0.3) is 0 Å². The molecule has 1 radical (unpaired) electrons. The molecule has 0 atom stereocenters. The Morgan fingerprint density at radius 3 is 1.15 bits per heavy atom. The molecule has 0 nitrogen and oxygen atoms in total. The first-order chi connectivity index (χ1) is 19.1. The van der Waals surface area contributed by atoms with Gasteiger partial charge in [0.25, 0.3) is 0 Å². The Hall–Kier alpha value is -2.64. The molecule has 3 aromatic rings. The van der Waals surface area contributed by atoms with Gasteiger partial charge in [-0.2, -0.15) is 0 Å². The van der Waals surface area contributed by atoms with Crippen molar-refractivity contribution >= 4 is 23.6 Å². The van der Waals surface area contributed by atoms with Gasteiger partial charge in [-0.15, -0.1) is 0 Å². The molecule has 0 unspecified atom stereocenters. The normalized spacial score (nSPS) is 13.7. The lowest BCUT2D eigenvalue weighted by Crippen LogP contribution is -2.70. The second-order valence-corrected chi connectivity index (χ2v) is 15.2. The molecule has 0 saturated heterocycles. The number of benzene rings is 3. The fraction of sp³-hybridized carbons (Fsp3) is 0.395. The van der Waals surface area contributed by atoms with Gasteiger partial charge in [0.05, 0.1) is 0 Å². The number of aryl methyl sites for hydroxylation is 3. The van der Waals surface area contributed by atoms with Crippen molar-refractivity contribution < 1.29 is 0 Å². The van der Waals surface area contributed by atoms with Crippen molar-refractivity contribution in [2.24, 2.45) is 0 Å². The van der Waals surface area contributed by atoms with Crippen LogP contribution in [0, 0.1) is 5.54 Å². The summed E-state index contributed by atoms with van der Waals surface area (Å²) in [5.41, 5.74) is 7.38. The highest BCUT2D eigenvalue weighted by Gasteiger charge is 2.46. The standard InChI is InChI=1S/C38H49Si/c1-5-9-13-31-16-23-35(24-17-31)39(38-29-22-34(30-38)12-8-4,36-25-18-32(19-26-36)14-10-6-2)37-27-20-33(21-28-37)15-11-7-3/h16-30H,5-15H2,1-4H3. The van der Waals surface area contributed by atoms with Gasteiger partial charge in [0.1, 0.15) is 0 Å². The van der Waals surface area contributed by atoms with E-state index in [1.54, 1.807) is 0 Å². The van der Waals surface area contributed by atoms with Crippen molar-refractivity contribution in [3.63, 3.8) is 0 Å². The van der Waals surface area contributed by atoms with E-state index in [1.165, 1.54) is 108 Å². The Bertz CT molecular complexity index is 1070. The molecule has 4 rings (SSSR count). The predicted molar refractivity (Wildman–Crippen MR) is 175 cm³/mol. The summed E-state index contributed by atoms with van der Waals surface area (Å²) >= 11 is 0. The van der Waals surface area contributed by atoms with Crippen molar-refractivity contribution in [3.8, 4) is 0 Å². The molecule has 0 spiro atoms. The summed E-state index contributed by atoms with van der Waals surface area (Å²) in [6.07, 6.45) is 20.7. The van der Waals surface area contributed by atoms with Crippen LogP contribution in [0.3, 0.4) is 0 Å². The molecule has 39 heavy (non-hydrogen) atoms. The van der Waals surface area contributed by atoms with E-state index in [2.05, 4.69) is 119 Å². The van der Waals surface area contributed by atoms with Gasteiger partial charge < -0.3 is 0 Å². The van der Waals surface area contributed by atoms with Crippen molar-refractivity contribution in [3.05, 3.63) is 119 Å². The van der Waals surface area contributed by atoms with E-state index in [-0.39, 0.29) is 0 Å². The largest absolute Gasteiger partial charge is 0.162 e. The summed E-state index contributed by atoms with van der Waals surface area (Å²) in [4.78, 5) is 0. The predicted octanol–water partition coefficient (Wildman–Crippen LogP) is 8.59. The lowest BCUT2D eigenvalue weighted by Gasteiger charge is -2.37. The van der Waals surface area contributed by atoms with Gasteiger partial charge in [0.2, 0.25) is 0 Å². The lowest BCUT2D eigenvalue weighted by atomic mass is 10.1. The second-order valence-electron chi connectivity index (χ2n) is 11.4. The van der Waals surface area contributed by atoms with Gasteiger partial charge in [-0.25, -0.2) is 0 Å². The Balaban J connectivity index is 1.89. The third kappa shape index (κ3) is 6.93. The van der Waals surface area contributed by atoms with Crippen LogP contribution < -0.4 is 15.6 Å². The van der Waals surface area contributed by atoms with Crippen molar-refractivity contribution in [2.75, 3.05) is 0 Å². The minimum absolute atomic E-state index is 1.15. The molecule has 205 valence electrons. The molecule has 0 aromatic heterocycles. The molecule has 1 aliphatic carbocycles. The molecule has 0 heterocycles. The summed E-state index contributed by atoms with van der Waals surface area (Å²) in [7, 11) is -2.47. The summed E-state index contributed by atoms with van der Waals surface area (Å²) in [5.74, 6) is 0. The number of allylic oxidation sites excluding steroid dienone is 4. The van der Waals surface area contributed by atoms with E-state index in [1.807, 2.05) is 0 Å². The molecule has 0 aliphatic heterocycles. The Kier molecular flexibility index (Phi) is 11.0. The Morgan fingerprint density at radius 1 is 0.436 bits per heavy atom. The van der Waals surface area contributed by atoms with Crippen LogP contribution in [-0.4, -0.2) is 8.07 Å². The van der Waals surface area contributed by atoms with E-state index in [4.69, 9.17) is 0 Å². The molecule has 0 N–H and O–H groups in total. The van der Waals surface area contributed by atoms with Crippen LogP contribution in [0.2, 0.25) is 0 Å². The van der Waals surface area contributed by atoms with Crippen molar-refractivity contribution in [2.45, 2.75) is 98.3 Å². The fourth-order valence-corrected chi connectivity index (χ4v) is 10.8. The average Bonchev–Trinajstić information content (AvgIpc) is 3.45. The summed E-state index contributed by atoms with van der Waals surface area (Å²) in [5, 5.41) is 4.50. The third-order valence-electron chi connectivity index (χ3n) is 8.41. The maximum atomic E-state index is 2.54. The van der Waals surface area contributed by atoms with Gasteiger partial charge >= 0.3 is 0 Å². The zero-order valence-electron chi connectivity index (χ0n) is 24.9. The number of hydrogen-bond donors (Lipinski definition) is 0. The Labute approximate surface area is 240 Å². The van der Waals surface area contributed by atoms with Crippen LogP contribution in [0.15, 0.2) is 96.6 Å². The first-order valence-electron chi connectivity index (χ1n) is 15.7. The van der Waals surface area contributed by atoms with E-state index in [0.29, 0.717) is 0 Å². The summed E-state index contributed by atoms with van der Waals surface area (Å²) < 4.78 is 0. The fourth-order valence-electron chi connectivity index (χ4n) is 6.08. The van der Waals surface area contributed by atoms with Gasteiger partial charge in [0.15, 0.2) is 8.07 Å². The molecule has 0 saturated carbocycles. The molecule has 0 bridgehead atoms. The SMILES string of the molecule is CCCCc1ccc([Si]([C]2C=CC(CCC)=C2)(c2ccc(CCCC)cc2)c2ccc(CCCC)cc2)cc1. The summed E-state index contributed by atoms with van der Waals surface area (Å²) in [6.45, 7) is 9.13. The third-order valence-corrected chi connectivity index (χ3v) is 13.2. The molecule has 0 fully saturated rings. The van der Waals surface area contributed by atoms with Crippen molar-refractivity contribution in [1.82, 2.24) is 0 Å². The molecule has 3 aromatic carbocycles. The van der Waals surface area contributed by atoms with E-state index in [0.717, 1.165) is 6.42 Å². The van der Waals surface area contributed by atoms with Gasteiger partial charge in [0, 0.05) is 5.54 Å². The minimum Gasteiger partial charge on any atom is -0.0750 e. The molecular formula is C38H49Si. The second kappa shape index (κ2) is 14.7. The lowest BCUT2D eigenvalue weighted by molar-refractivity contribution is 0.795. The number of rotatable bonds is 15. The van der Waals surface area contributed by atoms with E-state index in [9.17, 15) is 0 Å². The number of hydrogen-bond acceptors (Lipinski definition) is 0. The molecule has 0 amide bonds. The van der Waals surface area contributed by atoms with Crippen molar-refractivity contribution in [1.29, 1.82) is 0 Å². The highest BCUT2D eigenvalue weighted by molar-refractivity contribution is 7.15. The smallest absolute Gasteiger partial charge is 0.0750 e. The zero-order chi connectivity index (χ0) is 27.5. The molecule has 1 heteroatoms. The van der Waals surface area contributed by atoms with E-state index >= 15 is 0 Å². The quantitative estimate of drug-likeness (QED) is 0.135. The minimum atomic E-state index is -2.47. The molecule has 1 aliphatic rings. The topological polar surface area (TPSA) is 0 Å². The first kappa shape index (κ1) is 29.3. The van der Waals surface area contributed by atoms with Crippen LogP contribution >= 0.6 is 0 Å². The highest BCUT2D eigenvalue weighted by atomic mass is 28.3. The van der Waals surface area contributed by atoms with Crippen LogP contribution in [0.5, 0.6) is 0 Å².